The van der Waals surface area contributed by atoms with E-state index in [1.165, 1.54) is 11.8 Å². The number of hydrogen-bond acceptors (Lipinski definition) is 5. The van der Waals surface area contributed by atoms with Crippen LogP contribution in [0.3, 0.4) is 0 Å². The summed E-state index contributed by atoms with van der Waals surface area (Å²) in [4.78, 5) is 12.8. The third kappa shape index (κ3) is 3.99. The number of carbonyl (C=O) groups excluding carboxylic acids is 1. The van der Waals surface area contributed by atoms with E-state index in [1.54, 1.807) is 7.11 Å². The van der Waals surface area contributed by atoms with Gasteiger partial charge in [-0.2, -0.15) is 0 Å². The molecule has 3 rings (SSSR count). The van der Waals surface area contributed by atoms with Gasteiger partial charge in [-0.15, -0.1) is 10.2 Å². The maximum Gasteiger partial charge on any atom is 0.191 e. The topological polar surface area (TPSA) is 61.9 Å². The fourth-order valence-corrected chi connectivity index (χ4v) is 4.09. The number of aryl methyl sites for hydroxylation is 1. The van der Waals surface area contributed by atoms with Crippen molar-refractivity contribution in [2.75, 3.05) is 12.9 Å². The number of methoxy groups -OCH3 is 1. The van der Waals surface area contributed by atoms with E-state index in [9.17, 15) is 4.79 Å². The number of benzene rings is 1. The molecule has 1 aromatic carbocycles. The van der Waals surface area contributed by atoms with Crippen molar-refractivity contribution in [2.45, 2.75) is 38.9 Å². The number of carbonyl (C=O) groups is 1. The Morgan fingerprint density at radius 1 is 1.18 bits per heavy atom. The van der Waals surface area contributed by atoms with Crippen LogP contribution < -0.4 is 4.74 Å². The Balaban J connectivity index is 1.72. The first kappa shape index (κ1) is 20.2. The van der Waals surface area contributed by atoms with Gasteiger partial charge in [0.2, 0.25) is 0 Å². The molecule has 0 aliphatic carbocycles. The van der Waals surface area contributed by atoms with Crippen LogP contribution in [-0.2, 0) is 13.6 Å². The summed E-state index contributed by atoms with van der Waals surface area (Å²) >= 11 is 1.42. The predicted octanol–water partition coefficient (Wildman–Crippen LogP) is 4.29. The zero-order valence-corrected chi connectivity index (χ0v) is 17.8. The molecule has 0 unspecified atom stereocenters. The lowest BCUT2D eigenvalue weighted by molar-refractivity contribution is 0.102. The highest BCUT2D eigenvalue weighted by Crippen LogP contribution is 2.25. The third-order valence-electron chi connectivity index (χ3n) is 4.84. The SMILES string of the molecule is CCCn1c(C)cc(C(=O)CSc2nnc(-c3ccc(OC)cc3)n2C)c1C. The highest BCUT2D eigenvalue weighted by molar-refractivity contribution is 7.99. The first-order valence-electron chi connectivity index (χ1n) is 9.32. The number of hydrogen-bond donors (Lipinski definition) is 0. The van der Waals surface area contributed by atoms with E-state index >= 15 is 0 Å². The van der Waals surface area contributed by atoms with Crippen molar-refractivity contribution in [3.05, 3.63) is 47.3 Å². The summed E-state index contributed by atoms with van der Waals surface area (Å²) < 4.78 is 9.32. The standard InChI is InChI=1S/C21H26N4O2S/c1-6-11-25-14(2)12-18(15(25)3)19(26)13-28-21-23-22-20(24(21)4)16-7-9-17(27-5)10-8-16/h7-10,12H,6,11,13H2,1-5H3. The first-order chi connectivity index (χ1) is 13.5. The second-order valence-electron chi connectivity index (χ2n) is 6.74. The van der Waals surface area contributed by atoms with Gasteiger partial charge in [-0.25, -0.2) is 0 Å². The van der Waals surface area contributed by atoms with Gasteiger partial charge >= 0.3 is 0 Å². The number of Topliss-reactive ketones (excluding diaryl/α,β-unsaturated/α-hetero) is 1. The summed E-state index contributed by atoms with van der Waals surface area (Å²) in [7, 11) is 3.56. The molecule has 28 heavy (non-hydrogen) atoms. The Labute approximate surface area is 169 Å². The van der Waals surface area contributed by atoms with E-state index in [-0.39, 0.29) is 5.78 Å². The molecule has 0 radical (unpaired) electrons. The summed E-state index contributed by atoms with van der Waals surface area (Å²) in [6.07, 6.45) is 1.05. The van der Waals surface area contributed by atoms with Crippen LogP contribution in [0.25, 0.3) is 11.4 Å². The van der Waals surface area contributed by atoms with Crippen molar-refractivity contribution in [3.8, 4) is 17.1 Å². The molecule has 2 heterocycles. The van der Waals surface area contributed by atoms with Gasteiger partial charge in [-0.05, 0) is 50.6 Å². The monoisotopic (exact) mass is 398 g/mol. The lowest BCUT2D eigenvalue weighted by atomic mass is 10.2. The van der Waals surface area contributed by atoms with Crippen LogP contribution in [0.1, 0.15) is 35.1 Å². The zero-order valence-electron chi connectivity index (χ0n) is 17.0. The van der Waals surface area contributed by atoms with Gasteiger partial charge in [0.25, 0.3) is 0 Å². The second kappa shape index (κ2) is 8.65. The summed E-state index contributed by atoms with van der Waals surface area (Å²) in [5.41, 5.74) is 3.93. The van der Waals surface area contributed by atoms with Gasteiger partial charge in [-0.3, -0.25) is 4.79 Å². The van der Waals surface area contributed by atoms with Crippen molar-refractivity contribution in [1.29, 1.82) is 0 Å². The van der Waals surface area contributed by atoms with Crippen molar-refractivity contribution in [1.82, 2.24) is 19.3 Å². The molecule has 3 aromatic rings. The largest absolute Gasteiger partial charge is 0.497 e. The minimum Gasteiger partial charge on any atom is -0.497 e. The molecule has 0 N–H and O–H groups in total. The van der Waals surface area contributed by atoms with Gasteiger partial charge in [0, 0.05) is 36.1 Å². The highest BCUT2D eigenvalue weighted by atomic mass is 32.2. The van der Waals surface area contributed by atoms with Crippen molar-refractivity contribution < 1.29 is 9.53 Å². The van der Waals surface area contributed by atoms with Crippen molar-refractivity contribution in [3.63, 3.8) is 0 Å². The summed E-state index contributed by atoms with van der Waals surface area (Å²) in [5.74, 6) is 2.02. The molecule has 0 bridgehead atoms. The van der Waals surface area contributed by atoms with Crippen LogP contribution in [0.4, 0.5) is 0 Å². The summed E-state index contributed by atoms with van der Waals surface area (Å²) in [6.45, 7) is 7.15. The molecule has 0 spiro atoms. The average molecular weight is 399 g/mol. The fourth-order valence-electron chi connectivity index (χ4n) is 3.29. The van der Waals surface area contributed by atoms with Gasteiger partial charge in [0.1, 0.15) is 5.75 Å². The van der Waals surface area contributed by atoms with Gasteiger partial charge in [-0.1, -0.05) is 18.7 Å². The number of ether oxygens (including phenoxy) is 1. The highest BCUT2D eigenvalue weighted by Gasteiger charge is 2.18. The van der Waals surface area contributed by atoms with Crippen LogP contribution in [-0.4, -0.2) is 38.0 Å². The van der Waals surface area contributed by atoms with Crippen LogP contribution in [0.15, 0.2) is 35.5 Å². The lowest BCUT2D eigenvalue weighted by Gasteiger charge is -2.07. The molecule has 0 aliphatic heterocycles. The van der Waals surface area contributed by atoms with Gasteiger partial charge in [0.05, 0.1) is 12.9 Å². The van der Waals surface area contributed by atoms with E-state index < -0.39 is 0 Å². The molecule has 0 saturated heterocycles. The van der Waals surface area contributed by atoms with Crippen LogP contribution in [0.5, 0.6) is 5.75 Å². The number of ketones is 1. The van der Waals surface area contributed by atoms with E-state index in [1.807, 2.05) is 48.9 Å². The summed E-state index contributed by atoms with van der Waals surface area (Å²) in [5, 5.41) is 9.27. The van der Waals surface area contributed by atoms with E-state index in [2.05, 4.69) is 28.6 Å². The Hall–Kier alpha value is -2.54. The predicted molar refractivity (Wildman–Crippen MR) is 112 cm³/mol. The molecule has 148 valence electrons. The quantitative estimate of drug-likeness (QED) is 0.418. The van der Waals surface area contributed by atoms with E-state index in [0.717, 1.165) is 52.2 Å². The van der Waals surface area contributed by atoms with Crippen molar-refractivity contribution in [2.24, 2.45) is 7.05 Å². The normalized spacial score (nSPS) is 11.0. The summed E-state index contributed by atoms with van der Waals surface area (Å²) in [6, 6.07) is 9.68. The zero-order chi connectivity index (χ0) is 20.3. The van der Waals surface area contributed by atoms with E-state index in [4.69, 9.17) is 4.74 Å². The Kier molecular flexibility index (Phi) is 6.24. The molecular formula is C21H26N4O2S. The van der Waals surface area contributed by atoms with Crippen LogP contribution in [0.2, 0.25) is 0 Å². The fraction of sp³-hybridized carbons (Fsp3) is 0.381. The number of rotatable bonds is 8. The third-order valence-corrected chi connectivity index (χ3v) is 5.86. The Morgan fingerprint density at radius 2 is 1.89 bits per heavy atom. The molecule has 0 amide bonds. The van der Waals surface area contributed by atoms with Crippen molar-refractivity contribution >= 4 is 17.5 Å². The second-order valence-corrected chi connectivity index (χ2v) is 7.68. The molecular weight excluding hydrogens is 372 g/mol. The molecule has 0 saturated carbocycles. The van der Waals surface area contributed by atoms with Gasteiger partial charge in [0.15, 0.2) is 16.8 Å². The lowest BCUT2D eigenvalue weighted by Crippen LogP contribution is -2.07. The molecule has 0 fully saturated rings. The molecule has 2 aromatic heterocycles. The maximum atomic E-state index is 12.8. The van der Waals surface area contributed by atoms with Crippen LogP contribution >= 0.6 is 11.8 Å². The Morgan fingerprint density at radius 3 is 2.54 bits per heavy atom. The van der Waals surface area contributed by atoms with Gasteiger partial charge < -0.3 is 13.9 Å². The van der Waals surface area contributed by atoms with E-state index in [0.29, 0.717) is 5.75 Å². The number of thioether (sulfide) groups is 1. The Bertz CT molecular complexity index is 973. The molecule has 7 heteroatoms. The smallest absolute Gasteiger partial charge is 0.191 e. The minimum atomic E-state index is 0.120. The maximum absolute atomic E-state index is 12.8. The molecule has 6 nitrogen and oxygen atoms in total. The first-order valence-corrected chi connectivity index (χ1v) is 10.3. The minimum absolute atomic E-state index is 0.120. The van der Waals surface area contributed by atoms with Crippen LogP contribution in [0, 0.1) is 13.8 Å². The molecule has 0 atom stereocenters. The average Bonchev–Trinajstić information content (AvgIpc) is 3.21. The number of aromatic nitrogens is 4. The number of nitrogens with zero attached hydrogens (tertiary/aromatic N) is 4. The molecule has 0 aliphatic rings.